The maximum Gasteiger partial charge on any atom is 0.357 e. The van der Waals surface area contributed by atoms with E-state index in [0.717, 1.165) is 0 Å². The Morgan fingerprint density at radius 2 is 2.24 bits per heavy atom. The van der Waals surface area contributed by atoms with Crippen LogP contribution in [0.25, 0.3) is 0 Å². The summed E-state index contributed by atoms with van der Waals surface area (Å²) in [6, 6.07) is 0. The summed E-state index contributed by atoms with van der Waals surface area (Å²) < 4.78 is 43.0. The quantitative estimate of drug-likeness (QED) is 0.825. The van der Waals surface area contributed by atoms with E-state index in [9.17, 15) is 18.0 Å². The Bertz CT molecular complexity index is 424. The molecule has 0 aliphatic heterocycles. The van der Waals surface area contributed by atoms with E-state index in [1.54, 1.807) is 6.92 Å². The third-order valence-corrected chi connectivity index (χ3v) is 2.04. The van der Waals surface area contributed by atoms with E-state index in [0.29, 0.717) is 6.20 Å². The average Bonchev–Trinajstić information content (AvgIpc) is 2.28. The van der Waals surface area contributed by atoms with Crippen LogP contribution in [0, 0.1) is 5.82 Å². The highest BCUT2D eigenvalue weighted by Gasteiger charge is 2.23. The monoisotopic (exact) mass is 248 g/mol. The van der Waals surface area contributed by atoms with Crippen LogP contribution in [-0.2, 0) is 11.3 Å². The highest BCUT2D eigenvalue weighted by atomic mass is 19.3. The molecule has 1 aromatic heterocycles. The molecule has 0 aliphatic carbocycles. The highest BCUT2D eigenvalue weighted by Crippen LogP contribution is 2.25. The van der Waals surface area contributed by atoms with E-state index in [-0.39, 0.29) is 17.9 Å². The van der Waals surface area contributed by atoms with Crippen molar-refractivity contribution in [2.45, 2.75) is 19.9 Å². The lowest BCUT2D eigenvalue weighted by molar-refractivity contribution is 0.0516. The molecule has 2 N–H and O–H groups in total. The first-order valence-electron chi connectivity index (χ1n) is 4.85. The van der Waals surface area contributed by atoms with Crippen LogP contribution in [-0.4, -0.2) is 17.6 Å². The van der Waals surface area contributed by atoms with Gasteiger partial charge in [0.1, 0.15) is 5.82 Å². The van der Waals surface area contributed by atoms with Crippen molar-refractivity contribution in [3.05, 3.63) is 28.8 Å². The van der Waals surface area contributed by atoms with Crippen LogP contribution < -0.4 is 5.73 Å². The van der Waals surface area contributed by atoms with E-state index >= 15 is 0 Å². The standard InChI is InChI=1S/C10H11F3N2O2/c1-2-17-10(16)8-5(3-14)7(11)6(4-15-8)9(12)13/h4,9H,2-3,14H2,1H3. The number of aromatic nitrogens is 1. The third kappa shape index (κ3) is 2.73. The topological polar surface area (TPSA) is 65.2 Å². The number of nitrogens with two attached hydrogens (primary N) is 1. The zero-order valence-corrected chi connectivity index (χ0v) is 9.04. The highest BCUT2D eigenvalue weighted by molar-refractivity contribution is 5.89. The van der Waals surface area contributed by atoms with Gasteiger partial charge in [0.15, 0.2) is 5.69 Å². The summed E-state index contributed by atoms with van der Waals surface area (Å²) >= 11 is 0. The molecule has 1 aromatic rings. The predicted molar refractivity (Wildman–Crippen MR) is 53.0 cm³/mol. The molecule has 0 radical (unpaired) electrons. The van der Waals surface area contributed by atoms with Crippen LogP contribution in [0.3, 0.4) is 0 Å². The Kier molecular flexibility index (Phi) is 4.45. The summed E-state index contributed by atoms with van der Waals surface area (Å²) in [7, 11) is 0. The van der Waals surface area contributed by atoms with Crippen LogP contribution in [0.2, 0.25) is 0 Å². The molecule has 0 saturated heterocycles. The van der Waals surface area contributed by atoms with Gasteiger partial charge in [0, 0.05) is 18.3 Å². The van der Waals surface area contributed by atoms with Gasteiger partial charge in [0.25, 0.3) is 6.43 Å². The zero-order valence-electron chi connectivity index (χ0n) is 9.04. The normalized spacial score (nSPS) is 10.7. The predicted octanol–water partition coefficient (Wildman–Crippen LogP) is 1.79. The second-order valence-electron chi connectivity index (χ2n) is 3.08. The first kappa shape index (κ1) is 13.4. The summed E-state index contributed by atoms with van der Waals surface area (Å²) in [5.41, 5.74) is 3.62. The maximum atomic E-state index is 13.6. The van der Waals surface area contributed by atoms with Gasteiger partial charge in [0.2, 0.25) is 0 Å². The molecule has 1 heterocycles. The van der Waals surface area contributed by atoms with Gasteiger partial charge in [-0.1, -0.05) is 0 Å². The number of hydrogen-bond acceptors (Lipinski definition) is 4. The molecule has 0 unspecified atom stereocenters. The lowest BCUT2D eigenvalue weighted by atomic mass is 10.1. The van der Waals surface area contributed by atoms with Gasteiger partial charge in [-0.2, -0.15) is 0 Å². The van der Waals surface area contributed by atoms with Crippen LogP contribution in [0.5, 0.6) is 0 Å². The van der Waals surface area contributed by atoms with Crippen molar-refractivity contribution in [1.29, 1.82) is 0 Å². The lowest BCUT2D eigenvalue weighted by Gasteiger charge is -2.10. The third-order valence-electron chi connectivity index (χ3n) is 2.04. The van der Waals surface area contributed by atoms with Gasteiger partial charge in [-0.3, -0.25) is 0 Å². The molecule has 4 nitrogen and oxygen atoms in total. The van der Waals surface area contributed by atoms with Gasteiger partial charge >= 0.3 is 5.97 Å². The zero-order chi connectivity index (χ0) is 13.0. The molecule has 0 aromatic carbocycles. The van der Waals surface area contributed by atoms with Crippen LogP contribution in [0.15, 0.2) is 6.20 Å². The van der Waals surface area contributed by atoms with Gasteiger partial charge in [-0.15, -0.1) is 0 Å². The molecular weight excluding hydrogens is 237 g/mol. The molecule has 0 bridgehead atoms. The molecule has 0 aliphatic rings. The fraction of sp³-hybridized carbons (Fsp3) is 0.400. The number of esters is 1. The number of nitrogens with zero attached hydrogens (tertiary/aromatic N) is 1. The fourth-order valence-corrected chi connectivity index (χ4v) is 1.26. The van der Waals surface area contributed by atoms with E-state index in [4.69, 9.17) is 5.73 Å². The molecule has 1 rings (SSSR count). The fourth-order valence-electron chi connectivity index (χ4n) is 1.26. The molecule has 0 saturated carbocycles. The smallest absolute Gasteiger partial charge is 0.357 e. The van der Waals surface area contributed by atoms with Crippen molar-refractivity contribution in [3.63, 3.8) is 0 Å². The lowest BCUT2D eigenvalue weighted by Crippen LogP contribution is -2.16. The van der Waals surface area contributed by atoms with Crippen LogP contribution >= 0.6 is 0 Å². The molecular formula is C10H11F3N2O2. The molecule has 7 heteroatoms. The van der Waals surface area contributed by atoms with Crippen LogP contribution in [0.1, 0.15) is 35.0 Å². The number of rotatable bonds is 4. The summed E-state index contributed by atoms with van der Waals surface area (Å²) in [6.45, 7) is 1.22. The van der Waals surface area contributed by atoms with Gasteiger partial charge in [-0.25, -0.2) is 22.9 Å². The number of ether oxygens (including phenoxy) is 1. The van der Waals surface area contributed by atoms with Crippen molar-refractivity contribution < 1.29 is 22.7 Å². The molecule has 0 atom stereocenters. The van der Waals surface area contributed by atoms with Crippen molar-refractivity contribution >= 4 is 5.97 Å². The Morgan fingerprint density at radius 3 is 2.71 bits per heavy atom. The Balaban J connectivity index is 3.25. The summed E-state index contributed by atoms with van der Waals surface area (Å²) in [5.74, 6) is -2.09. The van der Waals surface area contributed by atoms with Crippen molar-refractivity contribution in [1.82, 2.24) is 4.98 Å². The Labute approximate surface area is 95.6 Å². The molecule has 94 valence electrons. The number of carbonyl (C=O) groups is 1. The first-order chi connectivity index (χ1) is 8.02. The van der Waals surface area contributed by atoms with E-state index < -0.39 is 30.3 Å². The van der Waals surface area contributed by atoms with Crippen molar-refractivity contribution in [3.8, 4) is 0 Å². The maximum absolute atomic E-state index is 13.6. The van der Waals surface area contributed by atoms with Gasteiger partial charge < -0.3 is 10.5 Å². The minimum atomic E-state index is -3.01. The molecule has 0 spiro atoms. The number of alkyl halides is 2. The Morgan fingerprint density at radius 1 is 1.59 bits per heavy atom. The Hall–Kier alpha value is -1.63. The SMILES string of the molecule is CCOC(=O)c1ncc(C(F)F)c(F)c1CN. The molecule has 0 amide bonds. The van der Waals surface area contributed by atoms with Crippen LogP contribution in [0.4, 0.5) is 13.2 Å². The van der Waals surface area contributed by atoms with Crippen molar-refractivity contribution in [2.75, 3.05) is 6.61 Å². The number of hydrogen-bond donors (Lipinski definition) is 1. The van der Waals surface area contributed by atoms with Gasteiger partial charge in [0.05, 0.1) is 12.2 Å². The average molecular weight is 248 g/mol. The number of pyridine rings is 1. The molecule has 0 fully saturated rings. The number of halogens is 3. The van der Waals surface area contributed by atoms with E-state index in [2.05, 4.69) is 9.72 Å². The largest absolute Gasteiger partial charge is 0.461 e. The van der Waals surface area contributed by atoms with E-state index in [1.807, 2.05) is 0 Å². The summed E-state index contributed by atoms with van der Waals surface area (Å²) in [6.07, 6.45) is -2.39. The minimum absolute atomic E-state index is 0.0722. The number of carbonyl (C=O) groups excluding carboxylic acids is 1. The second-order valence-corrected chi connectivity index (χ2v) is 3.08. The van der Waals surface area contributed by atoms with E-state index in [1.165, 1.54) is 0 Å². The van der Waals surface area contributed by atoms with Crippen molar-refractivity contribution in [2.24, 2.45) is 5.73 Å². The second kappa shape index (κ2) is 5.62. The molecule has 17 heavy (non-hydrogen) atoms. The summed E-state index contributed by atoms with van der Waals surface area (Å²) in [4.78, 5) is 14.8. The van der Waals surface area contributed by atoms with Gasteiger partial charge in [-0.05, 0) is 6.92 Å². The minimum Gasteiger partial charge on any atom is -0.461 e. The summed E-state index contributed by atoms with van der Waals surface area (Å²) in [5, 5.41) is 0. The first-order valence-corrected chi connectivity index (χ1v) is 4.85.